The molecule has 2 aromatic carbocycles. The summed E-state index contributed by atoms with van der Waals surface area (Å²) in [5.74, 6) is -1.12. The van der Waals surface area contributed by atoms with Gasteiger partial charge in [0, 0.05) is 32.7 Å². The highest BCUT2D eigenvalue weighted by Crippen LogP contribution is 2.27. The third kappa shape index (κ3) is 7.58. The number of methoxy groups -OCH3 is 1. The number of carbonyl (C=O) groups excluding carboxylic acids is 3. The van der Waals surface area contributed by atoms with E-state index in [4.69, 9.17) is 19.6 Å². The van der Waals surface area contributed by atoms with Crippen molar-refractivity contribution in [2.45, 2.75) is 83.5 Å². The van der Waals surface area contributed by atoms with Gasteiger partial charge in [-0.1, -0.05) is 43.2 Å². The first kappa shape index (κ1) is 30.8. The first-order valence-electron chi connectivity index (χ1n) is 14.3. The summed E-state index contributed by atoms with van der Waals surface area (Å²) in [5.41, 5.74) is 8.66. The Bertz CT molecular complexity index is 1460. The van der Waals surface area contributed by atoms with Crippen LogP contribution in [0.15, 0.2) is 51.7 Å². The van der Waals surface area contributed by atoms with Crippen molar-refractivity contribution in [2.75, 3.05) is 13.7 Å². The highest BCUT2D eigenvalue weighted by atomic mass is 16.6. The molecule has 1 aliphatic rings. The van der Waals surface area contributed by atoms with Crippen LogP contribution in [-0.2, 0) is 27.2 Å². The van der Waals surface area contributed by atoms with Crippen molar-refractivity contribution < 1.29 is 28.3 Å². The van der Waals surface area contributed by atoms with Gasteiger partial charge in [0.25, 0.3) is 0 Å². The summed E-state index contributed by atoms with van der Waals surface area (Å²) in [6.45, 7) is 6.23. The van der Waals surface area contributed by atoms with E-state index in [1.54, 1.807) is 38.5 Å². The molecule has 1 saturated carbocycles. The molecule has 0 saturated heterocycles. The van der Waals surface area contributed by atoms with Gasteiger partial charge < -0.3 is 24.9 Å². The van der Waals surface area contributed by atoms with Gasteiger partial charge in [-0.15, -0.1) is 0 Å². The van der Waals surface area contributed by atoms with Crippen LogP contribution in [0.3, 0.4) is 0 Å². The quantitative estimate of drug-likeness (QED) is 0.334. The third-order valence-electron chi connectivity index (χ3n) is 7.26. The molecule has 1 aromatic heterocycles. The fraction of sp³-hybridized carbons (Fsp3) is 0.484. The molecule has 42 heavy (non-hydrogen) atoms. The van der Waals surface area contributed by atoms with E-state index in [9.17, 15) is 19.2 Å². The molecule has 1 atom stereocenters. The molecule has 1 heterocycles. The molecule has 226 valence electrons. The maximum absolute atomic E-state index is 13.3. The van der Waals surface area contributed by atoms with Gasteiger partial charge in [-0.2, -0.15) is 0 Å². The number of carbonyl (C=O) groups is 3. The van der Waals surface area contributed by atoms with Crippen LogP contribution in [0.1, 0.15) is 58.4 Å². The number of urea groups is 1. The van der Waals surface area contributed by atoms with Gasteiger partial charge in [-0.3, -0.25) is 9.36 Å². The summed E-state index contributed by atoms with van der Waals surface area (Å²) in [7, 11) is 1.62. The number of nitrogens with zero attached hydrogens (tertiary/aromatic N) is 2. The van der Waals surface area contributed by atoms with Crippen LogP contribution in [0.4, 0.5) is 9.59 Å². The van der Waals surface area contributed by atoms with E-state index in [2.05, 4.69) is 5.32 Å². The molecule has 4 rings (SSSR count). The Kier molecular flexibility index (Phi) is 9.72. The Morgan fingerprint density at radius 1 is 1.10 bits per heavy atom. The van der Waals surface area contributed by atoms with E-state index in [1.807, 2.05) is 36.4 Å². The molecule has 3 aromatic rings. The molecule has 1 fully saturated rings. The molecule has 0 bridgehead atoms. The molecule has 1 unspecified atom stereocenters. The lowest BCUT2D eigenvalue weighted by molar-refractivity contribution is -0.119. The van der Waals surface area contributed by atoms with Crippen molar-refractivity contribution in [1.82, 2.24) is 14.8 Å². The number of hydrogen-bond donors (Lipinski definition) is 2. The van der Waals surface area contributed by atoms with Gasteiger partial charge in [0.2, 0.25) is 5.91 Å². The number of ether oxygens (including phenoxy) is 2. The topological polar surface area (TPSA) is 146 Å². The lowest BCUT2D eigenvalue weighted by Crippen LogP contribution is -2.55. The van der Waals surface area contributed by atoms with Crippen LogP contribution in [0, 0.1) is 0 Å². The first-order chi connectivity index (χ1) is 20.0. The molecule has 4 amide bonds. The Labute approximate surface area is 244 Å². The van der Waals surface area contributed by atoms with Crippen LogP contribution in [0.5, 0.6) is 0 Å². The number of hydrogen-bond acceptors (Lipinski definition) is 7. The van der Waals surface area contributed by atoms with Crippen LogP contribution < -0.4 is 16.8 Å². The zero-order valence-electron chi connectivity index (χ0n) is 24.7. The normalized spacial score (nSPS) is 14.6. The molecule has 0 radical (unpaired) electrons. The largest absolute Gasteiger partial charge is 0.443 e. The standard InChI is InChI=1S/C31H40N4O7/c1-31(2,3)42-30(39)35(23-8-5-6-9-23)28(37)33-24(27(32)36)18-20-10-12-21(13-11-20)22-14-15-26-25(19-22)34(29(38)41-26)16-7-17-40-4/h10-15,19,23-24H,5-9,16-18H2,1-4H3,(H2,32,36)(H,33,37). The number of rotatable bonds is 10. The lowest BCUT2D eigenvalue weighted by Gasteiger charge is -2.31. The summed E-state index contributed by atoms with van der Waals surface area (Å²) in [5, 5.41) is 2.66. The molecule has 3 N–H and O–H groups in total. The number of nitrogens with one attached hydrogen (secondary N) is 1. The minimum Gasteiger partial charge on any atom is -0.443 e. The molecular formula is C31H40N4O7. The monoisotopic (exact) mass is 580 g/mol. The van der Waals surface area contributed by atoms with E-state index in [0.29, 0.717) is 43.5 Å². The number of nitrogens with two attached hydrogens (primary N) is 1. The van der Waals surface area contributed by atoms with Crippen molar-refractivity contribution in [3.8, 4) is 11.1 Å². The zero-order chi connectivity index (χ0) is 30.4. The summed E-state index contributed by atoms with van der Waals surface area (Å²) in [4.78, 5) is 52.0. The second-order valence-electron chi connectivity index (χ2n) is 11.6. The van der Waals surface area contributed by atoms with E-state index in [0.717, 1.165) is 34.4 Å². The predicted molar refractivity (Wildman–Crippen MR) is 158 cm³/mol. The number of amides is 4. The zero-order valence-corrected chi connectivity index (χ0v) is 24.7. The molecular weight excluding hydrogens is 540 g/mol. The van der Waals surface area contributed by atoms with Crippen molar-refractivity contribution in [1.29, 1.82) is 0 Å². The fourth-order valence-electron chi connectivity index (χ4n) is 5.20. The van der Waals surface area contributed by atoms with Gasteiger partial charge in [0.05, 0.1) is 5.52 Å². The van der Waals surface area contributed by atoms with Crippen LogP contribution in [0.25, 0.3) is 22.2 Å². The van der Waals surface area contributed by atoms with Gasteiger partial charge in [-0.25, -0.2) is 19.3 Å². The summed E-state index contributed by atoms with van der Waals surface area (Å²) in [6, 6.07) is 11.0. The molecule has 1 aliphatic carbocycles. The molecule has 11 nitrogen and oxygen atoms in total. The summed E-state index contributed by atoms with van der Waals surface area (Å²) >= 11 is 0. The molecule has 11 heteroatoms. The van der Waals surface area contributed by atoms with Crippen LogP contribution in [-0.4, -0.2) is 58.9 Å². The molecule has 0 aliphatic heterocycles. The van der Waals surface area contributed by atoms with Crippen molar-refractivity contribution >= 4 is 29.1 Å². The van der Waals surface area contributed by atoms with E-state index in [1.165, 1.54) is 0 Å². The Morgan fingerprint density at radius 2 is 1.76 bits per heavy atom. The lowest BCUT2D eigenvalue weighted by atomic mass is 10.00. The van der Waals surface area contributed by atoms with Gasteiger partial charge in [-0.05, 0) is 68.9 Å². The SMILES string of the molecule is COCCCn1c(=O)oc2ccc(-c3ccc(CC(NC(=O)N(C(=O)OC(C)(C)C)C4CCCC4)C(N)=O)cc3)cc21. The van der Waals surface area contributed by atoms with Crippen molar-refractivity contribution in [3.05, 3.63) is 58.6 Å². The Hall–Kier alpha value is -4.12. The number of primary amides is 1. The maximum atomic E-state index is 13.3. The predicted octanol–water partition coefficient (Wildman–Crippen LogP) is 4.58. The number of aryl methyl sites for hydroxylation is 1. The Morgan fingerprint density at radius 3 is 2.38 bits per heavy atom. The van der Waals surface area contributed by atoms with Crippen LogP contribution in [0.2, 0.25) is 0 Å². The van der Waals surface area contributed by atoms with Crippen LogP contribution >= 0.6 is 0 Å². The highest BCUT2D eigenvalue weighted by Gasteiger charge is 2.36. The second-order valence-corrected chi connectivity index (χ2v) is 11.6. The fourth-order valence-corrected chi connectivity index (χ4v) is 5.20. The minimum absolute atomic E-state index is 0.147. The summed E-state index contributed by atoms with van der Waals surface area (Å²) in [6.07, 6.45) is 3.26. The van der Waals surface area contributed by atoms with E-state index in [-0.39, 0.29) is 12.5 Å². The van der Waals surface area contributed by atoms with Crippen molar-refractivity contribution in [3.63, 3.8) is 0 Å². The number of imide groups is 1. The number of benzene rings is 2. The maximum Gasteiger partial charge on any atom is 0.419 e. The smallest absolute Gasteiger partial charge is 0.419 e. The number of oxazole rings is 1. The summed E-state index contributed by atoms with van der Waals surface area (Å²) < 4.78 is 17.6. The van der Waals surface area contributed by atoms with Gasteiger partial charge in [0.15, 0.2) is 5.58 Å². The average Bonchev–Trinajstić information content (AvgIpc) is 3.55. The van der Waals surface area contributed by atoms with Gasteiger partial charge in [0.1, 0.15) is 11.6 Å². The highest BCUT2D eigenvalue weighted by molar-refractivity contribution is 5.94. The van der Waals surface area contributed by atoms with Crippen molar-refractivity contribution in [2.24, 2.45) is 5.73 Å². The van der Waals surface area contributed by atoms with Gasteiger partial charge >= 0.3 is 17.9 Å². The number of aromatic nitrogens is 1. The number of fused-ring (bicyclic) bond motifs is 1. The average molecular weight is 581 g/mol. The first-order valence-corrected chi connectivity index (χ1v) is 14.3. The third-order valence-corrected chi connectivity index (χ3v) is 7.26. The Balaban J connectivity index is 1.49. The second kappa shape index (κ2) is 13.2. The molecule has 0 spiro atoms. The minimum atomic E-state index is -1.03. The van der Waals surface area contributed by atoms with E-state index < -0.39 is 35.4 Å². The van der Waals surface area contributed by atoms with E-state index >= 15 is 0 Å².